The second kappa shape index (κ2) is 4.45. The van der Waals surface area contributed by atoms with Crippen molar-refractivity contribution in [3.63, 3.8) is 0 Å². The maximum absolute atomic E-state index is 11.2. The monoisotopic (exact) mass is 234 g/mol. The average Bonchev–Trinajstić information content (AvgIpc) is 2.67. The van der Waals surface area contributed by atoms with Gasteiger partial charge in [-0.25, -0.2) is 0 Å². The summed E-state index contributed by atoms with van der Waals surface area (Å²) in [5.41, 5.74) is 2.71. The van der Waals surface area contributed by atoms with Crippen molar-refractivity contribution >= 4 is 23.3 Å². The predicted octanol–water partition coefficient (Wildman–Crippen LogP) is 0.790. The van der Waals surface area contributed by atoms with E-state index in [9.17, 15) is 9.59 Å². The lowest BCUT2D eigenvalue weighted by molar-refractivity contribution is -0.138. The van der Waals surface area contributed by atoms with Crippen LogP contribution in [0, 0.1) is 0 Å². The van der Waals surface area contributed by atoms with E-state index in [1.54, 1.807) is 4.90 Å². The van der Waals surface area contributed by atoms with Crippen LogP contribution in [-0.2, 0) is 20.7 Å². The summed E-state index contributed by atoms with van der Waals surface area (Å²) in [6, 6.07) is 5.63. The largest absolute Gasteiger partial charge is 0.468 e. The van der Waals surface area contributed by atoms with Crippen molar-refractivity contribution < 1.29 is 14.3 Å². The highest BCUT2D eigenvalue weighted by Crippen LogP contribution is 2.27. The zero-order valence-electron chi connectivity index (χ0n) is 9.82. The van der Waals surface area contributed by atoms with Gasteiger partial charge in [0.2, 0.25) is 5.91 Å². The van der Waals surface area contributed by atoms with Gasteiger partial charge in [-0.3, -0.25) is 9.59 Å². The Morgan fingerprint density at radius 1 is 1.53 bits per heavy atom. The Morgan fingerprint density at radius 2 is 2.29 bits per heavy atom. The quantitative estimate of drug-likeness (QED) is 0.785. The zero-order valence-corrected chi connectivity index (χ0v) is 9.82. The van der Waals surface area contributed by atoms with Crippen LogP contribution in [0.1, 0.15) is 5.56 Å². The molecule has 1 aliphatic rings. The number of benzene rings is 1. The molecule has 0 unspecified atom stereocenters. The Hall–Kier alpha value is -2.04. The minimum absolute atomic E-state index is 0.00720. The first-order valence-corrected chi connectivity index (χ1v) is 5.31. The minimum Gasteiger partial charge on any atom is -0.468 e. The molecule has 0 aromatic heterocycles. The fraction of sp³-hybridized carbons (Fsp3) is 0.333. The van der Waals surface area contributed by atoms with Crippen LogP contribution in [0.5, 0.6) is 0 Å². The van der Waals surface area contributed by atoms with Gasteiger partial charge in [0.1, 0.15) is 6.54 Å². The van der Waals surface area contributed by atoms with E-state index < -0.39 is 0 Å². The molecule has 0 bridgehead atoms. The number of esters is 1. The van der Waals surface area contributed by atoms with Gasteiger partial charge < -0.3 is 15.0 Å². The van der Waals surface area contributed by atoms with Crippen molar-refractivity contribution in [3.05, 3.63) is 23.8 Å². The van der Waals surface area contributed by atoms with Gasteiger partial charge in [0.05, 0.1) is 13.5 Å². The standard InChI is InChI=1S/C12H14N2O3/c1-14(7-12(16)17-2)9-3-4-10-8(5-9)6-11(15)13-10/h3-5H,6-7H2,1-2H3,(H,13,15). The number of ether oxygens (including phenoxy) is 1. The molecule has 1 N–H and O–H groups in total. The number of carbonyl (C=O) groups excluding carboxylic acids is 2. The number of carbonyl (C=O) groups is 2. The molecule has 1 amide bonds. The van der Waals surface area contributed by atoms with Gasteiger partial charge in [-0.1, -0.05) is 0 Å². The van der Waals surface area contributed by atoms with E-state index in [4.69, 9.17) is 0 Å². The van der Waals surface area contributed by atoms with Crippen LogP contribution in [0.2, 0.25) is 0 Å². The van der Waals surface area contributed by atoms with Crippen molar-refractivity contribution in [1.82, 2.24) is 0 Å². The van der Waals surface area contributed by atoms with E-state index in [0.717, 1.165) is 16.9 Å². The topological polar surface area (TPSA) is 58.6 Å². The van der Waals surface area contributed by atoms with Crippen molar-refractivity contribution in [3.8, 4) is 0 Å². The second-order valence-corrected chi connectivity index (χ2v) is 4.00. The van der Waals surface area contributed by atoms with Crippen LogP contribution in [0.15, 0.2) is 18.2 Å². The lowest BCUT2D eigenvalue weighted by Gasteiger charge is -2.18. The van der Waals surface area contributed by atoms with Crippen molar-refractivity contribution in [2.24, 2.45) is 0 Å². The van der Waals surface area contributed by atoms with E-state index in [1.165, 1.54) is 7.11 Å². The third-order valence-corrected chi connectivity index (χ3v) is 2.75. The van der Waals surface area contributed by atoms with Crippen LogP contribution in [0.25, 0.3) is 0 Å². The van der Waals surface area contributed by atoms with Crippen molar-refractivity contribution in [2.75, 3.05) is 30.9 Å². The molecule has 1 aromatic carbocycles. The maximum atomic E-state index is 11.2. The van der Waals surface area contributed by atoms with Crippen molar-refractivity contribution in [1.29, 1.82) is 0 Å². The zero-order chi connectivity index (χ0) is 12.4. The van der Waals surface area contributed by atoms with E-state index in [0.29, 0.717) is 6.42 Å². The number of hydrogen-bond acceptors (Lipinski definition) is 4. The average molecular weight is 234 g/mol. The van der Waals surface area contributed by atoms with E-state index in [1.807, 2.05) is 25.2 Å². The Morgan fingerprint density at radius 3 is 3.00 bits per heavy atom. The number of amides is 1. The number of hydrogen-bond donors (Lipinski definition) is 1. The molecule has 0 saturated carbocycles. The van der Waals surface area contributed by atoms with Gasteiger partial charge >= 0.3 is 5.97 Å². The van der Waals surface area contributed by atoms with Crippen LogP contribution >= 0.6 is 0 Å². The minimum atomic E-state index is -0.290. The fourth-order valence-electron chi connectivity index (χ4n) is 1.80. The van der Waals surface area contributed by atoms with E-state index in [2.05, 4.69) is 10.1 Å². The number of anilines is 2. The van der Waals surface area contributed by atoms with Gasteiger partial charge in [-0.2, -0.15) is 0 Å². The molecule has 90 valence electrons. The SMILES string of the molecule is COC(=O)CN(C)c1ccc2c(c1)CC(=O)N2. The summed E-state index contributed by atoms with van der Waals surface area (Å²) in [5, 5.41) is 2.77. The molecule has 1 heterocycles. The normalized spacial score (nSPS) is 12.9. The number of rotatable bonds is 3. The molecule has 0 atom stereocenters. The van der Waals surface area contributed by atoms with Crippen LogP contribution in [0.4, 0.5) is 11.4 Å². The highest BCUT2D eigenvalue weighted by atomic mass is 16.5. The predicted molar refractivity (Wildman–Crippen MR) is 64.1 cm³/mol. The Balaban J connectivity index is 2.15. The highest BCUT2D eigenvalue weighted by Gasteiger charge is 2.18. The molecular weight excluding hydrogens is 220 g/mol. The maximum Gasteiger partial charge on any atom is 0.325 e. The number of likely N-dealkylation sites (N-methyl/N-ethyl adjacent to an activating group) is 1. The Labute approximate surface area is 99.4 Å². The molecule has 0 radical (unpaired) electrons. The second-order valence-electron chi connectivity index (χ2n) is 4.00. The van der Waals surface area contributed by atoms with Gasteiger partial charge in [0.25, 0.3) is 0 Å². The first kappa shape index (κ1) is 11.4. The molecule has 17 heavy (non-hydrogen) atoms. The van der Waals surface area contributed by atoms with E-state index >= 15 is 0 Å². The Kier molecular flexibility index (Phi) is 2.99. The summed E-state index contributed by atoms with van der Waals surface area (Å²) in [4.78, 5) is 24.1. The number of fused-ring (bicyclic) bond motifs is 1. The summed E-state index contributed by atoms with van der Waals surface area (Å²) < 4.78 is 4.60. The van der Waals surface area contributed by atoms with Crippen LogP contribution in [-0.4, -0.2) is 32.6 Å². The molecule has 2 rings (SSSR count). The van der Waals surface area contributed by atoms with Crippen molar-refractivity contribution in [2.45, 2.75) is 6.42 Å². The molecule has 5 nitrogen and oxygen atoms in total. The lowest BCUT2D eigenvalue weighted by Crippen LogP contribution is -2.26. The molecule has 0 aliphatic carbocycles. The van der Waals surface area contributed by atoms with Gasteiger partial charge in [0, 0.05) is 18.4 Å². The Bertz CT molecular complexity index is 471. The third kappa shape index (κ3) is 2.38. The van der Waals surface area contributed by atoms with Crippen LogP contribution < -0.4 is 10.2 Å². The smallest absolute Gasteiger partial charge is 0.325 e. The molecule has 0 spiro atoms. The van der Waals surface area contributed by atoms with E-state index in [-0.39, 0.29) is 18.4 Å². The number of nitrogens with zero attached hydrogens (tertiary/aromatic N) is 1. The summed E-state index contributed by atoms with van der Waals surface area (Å²) in [7, 11) is 3.17. The summed E-state index contributed by atoms with van der Waals surface area (Å²) in [5.74, 6) is -0.282. The lowest BCUT2D eigenvalue weighted by atomic mass is 10.1. The number of methoxy groups -OCH3 is 1. The van der Waals surface area contributed by atoms with Gasteiger partial charge in [-0.15, -0.1) is 0 Å². The molecule has 0 fully saturated rings. The molecule has 5 heteroatoms. The molecule has 0 saturated heterocycles. The fourth-order valence-corrected chi connectivity index (χ4v) is 1.80. The molecular formula is C12H14N2O3. The molecule has 1 aliphatic heterocycles. The van der Waals surface area contributed by atoms with Crippen LogP contribution in [0.3, 0.4) is 0 Å². The summed E-state index contributed by atoms with van der Waals surface area (Å²) in [6.07, 6.45) is 0.398. The first-order chi connectivity index (χ1) is 8.10. The number of nitrogens with one attached hydrogen (secondary N) is 1. The summed E-state index contributed by atoms with van der Waals surface area (Å²) >= 11 is 0. The van der Waals surface area contributed by atoms with Gasteiger partial charge in [-0.05, 0) is 23.8 Å². The first-order valence-electron chi connectivity index (χ1n) is 5.31. The van der Waals surface area contributed by atoms with Gasteiger partial charge in [0.15, 0.2) is 0 Å². The highest BCUT2D eigenvalue weighted by molar-refractivity contribution is 5.99. The third-order valence-electron chi connectivity index (χ3n) is 2.75. The summed E-state index contributed by atoms with van der Waals surface area (Å²) in [6.45, 7) is 0.191. The molecule has 1 aromatic rings.